The zero-order valence-electron chi connectivity index (χ0n) is 22.4. The summed E-state index contributed by atoms with van der Waals surface area (Å²) in [6, 6.07) is 13.1. The predicted octanol–water partition coefficient (Wildman–Crippen LogP) is 7.65. The number of aromatic nitrogens is 1. The first-order valence-electron chi connectivity index (χ1n) is 13.4. The Bertz CT molecular complexity index is 1280. The number of aryl methyl sites for hydroxylation is 2. The fourth-order valence-electron chi connectivity index (χ4n) is 6.22. The van der Waals surface area contributed by atoms with Crippen LogP contribution in [0.2, 0.25) is 0 Å². The third-order valence-electron chi connectivity index (χ3n) is 8.44. The van der Waals surface area contributed by atoms with Crippen LogP contribution in [-0.2, 0) is 17.6 Å². The van der Waals surface area contributed by atoms with Crippen LogP contribution in [0.15, 0.2) is 47.0 Å². The van der Waals surface area contributed by atoms with Crippen molar-refractivity contribution >= 4 is 19.5 Å². The van der Waals surface area contributed by atoms with E-state index >= 15 is 4.39 Å². The predicted molar refractivity (Wildman–Crippen MR) is 151 cm³/mol. The third kappa shape index (κ3) is 5.93. The number of hydrogen-bond acceptors (Lipinski definition) is 4. The van der Waals surface area contributed by atoms with Crippen LogP contribution in [0.1, 0.15) is 86.6 Å². The summed E-state index contributed by atoms with van der Waals surface area (Å²) in [4.78, 5) is 11.5. The molecule has 2 aliphatic carbocycles. The molecule has 0 amide bonds. The molecule has 5 nitrogen and oxygen atoms in total. The molecule has 2 saturated carbocycles. The third-order valence-corrected chi connectivity index (χ3v) is 8.44. The SMILES string of the molecule is COc1ccc(F)c(-c2onc(CCc3cccc([C@@H](CC(=O)O)C4CC4)c3)c2C2CCCC2(C)C)c1.S. The fraction of sp³-hybridized carbons (Fsp3) is 0.484. The Labute approximate surface area is 231 Å². The molecule has 2 fully saturated rings. The molecule has 1 aromatic heterocycles. The lowest BCUT2D eigenvalue weighted by Crippen LogP contribution is -2.17. The largest absolute Gasteiger partial charge is 0.497 e. The van der Waals surface area contributed by atoms with Crippen LogP contribution in [0.5, 0.6) is 5.75 Å². The van der Waals surface area contributed by atoms with E-state index in [-0.39, 0.29) is 43.0 Å². The summed E-state index contributed by atoms with van der Waals surface area (Å²) < 4.78 is 26.3. The molecule has 38 heavy (non-hydrogen) atoms. The molecule has 0 bridgehead atoms. The van der Waals surface area contributed by atoms with Gasteiger partial charge >= 0.3 is 5.97 Å². The Morgan fingerprint density at radius 2 is 1.97 bits per heavy atom. The van der Waals surface area contributed by atoms with Crippen LogP contribution in [0.25, 0.3) is 11.3 Å². The Morgan fingerprint density at radius 1 is 1.18 bits per heavy atom. The second kappa shape index (κ2) is 11.5. The first-order chi connectivity index (χ1) is 17.8. The van der Waals surface area contributed by atoms with Gasteiger partial charge in [-0.2, -0.15) is 13.5 Å². The van der Waals surface area contributed by atoms with E-state index in [4.69, 9.17) is 9.26 Å². The number of rotatable bonds is 10. The smallest absolute Gasteiger partial charge is 0.303 e. The second-order valence-electron chi connectivity index (χ2n) is 11.4. The molecule has 0 aliphatic heterocycles. The molecule has 2 atom stereocenters. The number of nitrogens with zero attached hydrogens (tertiary/aromatic N) is 1. The van der Waals surface area contributed by atoms with Gasteiger partial charge in [0, 0.05) is 5.56 Å². The van der Waals surface area contributed by atoms with E-state index in [1.807, 2.05) is 6.07 Å². The zero-order valence-corrected chi connectivity index (χ0v) is 23.4. The molecule has 3 aromatic rings. The van der Waals surface area contributed by atoms with Gasteiger partial charge in [0.05, 0.1) is 24.8 Å². The maximum atomic E-state index is 15.0. The minimum Gasteiger partial charge on any atom is -0.497 e. The van der Waals surface area contributed by atoms with E-state index in [0.29, 0.717) is 29.4 Å². The van der Waals surface area contributed by atoms with Crippen molar-refractivity contribution in [2.24, 2.45) is 11.3 Å². The highest BCUT2D eigenvalue weighted by Gasteiger charge is 2.40. The van der Waals surface area contributed by atoms with Crippen LogP contribution in [0.3, 0.4) is 0 Å². The van der Waals surface area contributed by atoms with E-state index in [1.54, 1.807) is 19.2 Å². The molecule has 1 unspecified atom stereocenters. The van der Waals surface area contributed by atoms with Crippen molar-refractivity contribution in [3.8, 4) is 17.1 Å². The molecule has 7 heteroatoms. The number of benzene rings is 2. The summed E-state index contributed by atoms with van der Waals surface area (Å²) in [6.45, 7) is 4.55. The molecule has 5 rings (SSSR count). The van der Waals surface area contributed by atoms with Crippen molar-refractivity contribution in [2.75, 3.05) is 7.11 Å². The quantitative estimate of drug-likeness (QED) is 0.286. The number of hydrogen-bond donors (Lipinski definition) is 1. The molecule has 204 valence electrons. The van der Waals surface area contributed by atoms with Gasteiger partial charge < -0.3 is 14.4 Å². The van der Waals surface area contributed by atoms with Crippen LogP contribution in [-0.4, -0.2) is 23.3 Å². The van der Waals surface area contributed by atoms with Gasteiger partial charge in [-0.15, -0.1) is 0 Å². The summed E-state index contributed by atoms with van der Waals surface area (Å²) in [7, 11) is 1.57. The van der Waals surface area contributed by atoms with E-state index in [1.165, 1.54) is 6.07 Å². The van der Waals surface area contributed by atoms with Crippen LogP contribution >= 0.6 is 13.5 Å². The minimum absolute atomic E-state index is 0. The average Bonchev–Trinajstić information content (AvgIpc) is 3.54. The van der Waals surface area contributed by atoms with E-state index in [2.05, 4.69) is 37.2 Å². The van der Waals surface area contributed by atoms with Crippen LogP contribution < -0.4 is 4.74 Å². The zero-order chi connectivity index (χ0) is 26.2. The standard InChI is InChI=1S/C31H36FNO4.H2S/c1-31(2)15-5-8-25(31)29-27(33-37-30(29)24-17-22(36-3)12-13-26(24)32)14-9-19-6-4-7-21(16-19)23(18-28(34)35)20-10-11-20;/h4,6-7,12-13,16-17,20,23,25H,5,8-11,14-15,18H2,1-3H3,(H,34,35);1H2/t23-,25?;/m0./s1. The molecular formula is C31H38FNO4S. The van der Waals surface area contributed by atoms with Crippen LogP contribution in [0.4, 0.5) is 4.39 Å². The molecule has 0 spiro atoms. The Morgan fingerprint density at radius 3 is 2.63 bits per heavy atom. The van der Waals surface area contributed by atoms with Crippen molar-refractivity contribution in [2.45, 2.75) is 77.0 Å². The Hall–Kier alpha value is -2.80. The van der Waals surface area contributed by atoms with Gasteiger partial charge in [0.1, 0.15) is 11.6 Å². The molecule has 0 saturated heterocycles. The molecular weight excluding hydrogens is 501 g/mol. The highest BCUT2D eigenvalue weighted by atomic mass is 32.1. The number of carboxylic acids is 1. The molecule has 1 heterocycles. The van der Waals surface area contributed by atoms with Gasteiger partial charge in [-0.3, -0.25) is 4.79 Å². The van der Waals surface area contributed by atoms with E-state index in [0.717, 1.165) is 60.9 Å². The number of carboxylic acid groups (broad SMARTS) is 1. The number of ether oxygens (including phenoxy) is 1. The Balaban J connectivity index is 0.00000336. The number of aliphatic carboxylic acids is 1. The van der Waals surface area contributed by atoms with E-state index in [9.17, 15) is 9.90 Å². The van der Waals surface area contributed by atoms with Crippen molar-refractivity contribution < 1.29 is 23.6 Å². The molecule has 2 aliphatic rings. The first kappa shape index (κ1) is 28.2. The fourth-order valence-corrected chi connectivity index (χ4v) is 6.22. The van der Waals surface area contributed by atoms with Gasteiger partial charge in [0.2, 0.25) is 0 Å². The highest BCUT2D eigenvalue weighted by Crippen LogP contribution is 2.52. The number of carbonyl (C=O) groups is 1. The lowest BCUT2D eigenvalue weighted by atomic mass is 9.76. The minimum atomic E-state index is -0.744. The summed E-state index contributed by atoms with van der Waals surface area (Å²) in [5.74, 6) is 0.768. The maximum Gasteiger partial charge on any atom is 0.303 e. The van der Waals surface area contributed by atoms with Crippen LogP contribution in [0, 0.1) is 17.2 Å². The summed E-state index contributed by atoms with van der Waals surface area (Å²) in [5, 5.41) is 13.9. The summed E-state index contributed by atoms with van der Waals surface area (Å²) >= 11 is 0. The van der Waals surface area contributed by atoms with Gasteiger partial charge in [-0.05, 0) is 91.0 Å². The van der Waals surface area contributed by atoms with Crippen molar-refractivity contribution in [3.05, 3.63) is 70.7 Å². The van der Waals surface area contributed by atoms with Crippen molar-refractivity contribution in [1.82, 2.24) is 5.16 Å². The van der Waals surface area contributed by atoms with Gasteiger partial charge in [0.25, 0.3) is 0 Å². The average molecular weight is 540 g/mol. The lowest BCUT2D eigenvalue weighted by Gasteiger charge is -2.27. The van der Waals surface area contributed by atoms with Crippen molar-refractivity contribution in [3.63, 3.8) is 0 Å². The number of methoxy groups -OCH3 is 1. The van der Waals surface area contributed by atoms with Gasteiger partial charge in [-0.25, -0.2) is 4.39 Å². The monoisotopic (exact) mass is 539 g/mol. The summed E-state index contributed by atoms with van der Waals surface area (Å²) in [6.07, 6.45) is 7.06. The Kier molecular flexibility index (Phi) is 8.55. The van der Waals surface area contributed by atoms with Gasteiger partial charge in [0.15, 0.2) is 5.76 Å². The summed E-state index contributed by atoms with van der Waals surface area (Å²) in [5.41, 5.74) is 4.62. The first-order valence-corrected chi connectivity index (χ1v) is 13.4. The lowest BCUT2D eigenvalue weighted by molar-refractivity contribution is -0.137. The number of halogens is 1. The molecule has 2 aromatic carbocycles. The molecule has 0 radical (unpaired) electrons. The van der Waals surface area contributed by atoms with Gasteiger partial charge in [-0.1, -0.05) is 49.7 Å². The maximum absolute atomic E-state index is 15.0. The van der Waals surface area contributed by atoms with E-state index < -0.39 is 5.97 Å². The topological polar surface area (TPSA) is 72.6 Å². The van der Waals surface area contributed by atoms with Crippen molar-refractivity contribution in [1.29, 1.82) is 0 Å². The molecule has 1 N–H and O–H groups in total. The highest BCUT2D eigenvalue weighted by molar-refractivity contribution is 7.59. The normalized spacial score (nSPS) is 19.1. The second-order valence-corrected chi connectivity index (χ2v) is 11.4.